The standard InChI is InChI=1S/C17H15N3/c1-3-14-4-6-15(7-5-14)12-19-20-13-16-8-10-17(18-2)11-9-16/h4-13H,3H2,1H3/b19-12+,20-13+. The van der Waals surface area contributed by atoms with Crippen LogP contribution >= 0.6 is 0 Å². The van der Waals surface area contributed by atoms with Gasteiger partial charge in [-0.15, -0.1) is 0 Å². The van der Waals surface area contributed by atoms with Gasteiger partial charge in [-0.1, -0.05) is 55.5 Å². The first-order chi connectivity index (χ1) is 9.81. The topological polar surface area (TPSA) is 29.1 Å². The first-order valence-corrected chi connectivity index (χ1v) is 6.44. The van der Waals surface area contributed by atoms with Gasteiger partial charge in [0.25, 0.3) is 0 Å². The van der Waals surface area contributed by atoms with Gasteiger partial charge in [0.05, 0.1) is 19.0 Å². The minimum Gasteiger partial charge on any atom is -0.238 e. The van der Waals surface area contributed by atoms with E-state index in [4.69, 9.17) is 6.57 Å². The van der Waals surface area contributed by atoms with E-state index >= 15 is 0 Å². The molecule has 20 heavy (non-hydrogen) atoms. The predicted molar refractivity (Wildman–Crippen MR) is 83.7 cm³/mol. The summed E-state index contributed by atoms with van der Waals surface area (Å²) in [5.41, 5.74) is 3.89. The zero-order valence-corrected chi connectivity index (χ0v) is 11.3. The largest absolute Gasteiger partial charge is 0.238 e. The van der Waals surface area contributed by atoms with Crippen LogP contribution in [-0.4, -0.2) is 12.4 Å². The molecule has 0 aliphatic rings. The van der Waals surface area contributed by atoms with Gasteiger partial charge in [0.15, 0.2) is 5.69 Å². The van der Waals surface area contributed by atoms with Crippen molar-refractivity contribution in [2.24, 2.45) is 10.2 Å². The van der Waals surface area contributed by atoms with Crippen LogP contribution in [0.15, 0.2) is 58.7 Å². The van der Waals surface area contributed by atoms with Crippen molar-refractivity contribution in [1.29, 1.82) is 0 Å². The molecule has 0 saturated heterocycles. The first-order valence-electron chi connectivity index (χ1n) is 6.44. The van der Waals surface area contributed by atoms with Crippen molar-refractivity contribution in [3.63, 3.8) is 0 Å². The minimum atomic E-state index is 0.627. The smallest absolute Gasteiger partial charge is 0.187 e. The van der Waals surface area contributed by atoms with E-state index in [0.29, 0.717) is 5.69 Å². The van der Waals surface area contributed by atoms with Gasteiger partial charge in [-0.3, -0.25) is 0 Å². The molecule has 2 aromatic rings. The van der Waals surface area contributed by atoms with Crippen LogP contribution in [0.1, 0.15) is 23.6 Å². The van der Waals surface area contributed by atoms with Crippen molar-refractivity contribution < 1.29 is 0 Å². The molecule has 2 aromatic carbocycles. The summed E-state index contributed by atoms with van der Waals surface area (Å²) >= 11 is 0. The molecular formula is C17H15N3. The van der Waals surface area contributed by atoms with Crippen LogP contribution in [-0.2, 0) is 6.42 Å². The second kappa shape index (κ2) is 7.01. The number of hydrogen-bond donors (Lipinski definition) is 0. The maximum Gasteiger partial charge on any atom is 0.187 e. The van der Waals surface area contributed by atoms with E-state index in [9.17, 15) is 0 Å². The molecule has 0 aliphatic carbocycles. The maximum absolute atomic E-state index is 6.87. The quantitative estimate of drug-likeness (QED) is 0.447. The Bertz CT molecular complexity index is 644. The van der Waals surface area contributed by atoms with E-state index in [1.165, 1.54) is 5.56 Å². The fourth-order valence-electron chi connectivity index (χ4n) is 1.67. The lowest BCUT2D eigenvalue weighted by molar-refractivity contribution is 1.14. The molecule has 0 aliphatic heterocycles. The highest BCUT2D eigenvalue weighted by Gasteiger charge is 1.90. The third-order valence-corrected chi connectivity index (χ3v) is 2.89. The first kappa shape index (κ1) is 13.7. The Morgan fingerprint density at radius 1 is 0.900 bits per heavy atom. The summed E-state index contributed by atoms with van der Waals surface area (Å²) < 4.78 is 0. The van der Waals surface area contributed by atoms with Crippen LogP contribution < -0.4 is 0 Å². The van der Waals surface area contributed by atoms with Crippen molar-refractivity contribution in [3.05, 3.63) is 76.6 Å². The number of aryl methyl sites for hydroxylation is 1. The number of hydrogen-bond acceptors (Lipinski definition) is 2. The SMILES string of the molecule is [C-]#[N+]c1ccc(/C=N/N=C/c2ccc(CC)cc2)cc1. The highest BCUT2D eigenvalue weighted by molar-refractivity contribution is 5.83. The van der Waals surface area contributed by atoms with E-state index in [1.807, 2.05) is 24.3 Å². The van der Waals surface area contributed by atoms with Gasteiger partial charge in [-0.2, -0.15) is 10.2 Å². The molecular weight excluding hydrogens is 246 g/mol. The summed E-state index contributed by atoms with van der Waals surface area (Å²) in [5.74, 6) is 0. The summed E-state index contributed by atoms with van der Waals surface area (Å²) in [6, 6.07) is 15.5. The summed E-state index contributed by atoms with van der Waals surface area (Å²) in [7, 11) is 0. The van der Waals surface area contributed by atoms with Crippen LogP contribution in [0.2, 0.25) is 0 Å². The molecule has 0 N–H and O–H groups in total. The van der Waals surface area contributed by atoms with Crippen LogP contribution in [0.5, 0.6) is 0 Å². The van der Waals surface area contributed by atoms with E-state index in [-0.39, 0.29) is 0 Å². The summed E-state index contributed by atoms with van der Waals surface area (Å²) in [6.45, 7) is 9.01. The molecule has 0 bridgehead atoms. The lowest BCUT2D eigenvalue weighted by atomic mass is 10.1. The number of rotatable bonds is 4. The molecule has 0 unspecified atom stereocenters. The molecule has 0 fully saturated rings. The summed E-state index contributed by atoms with van der Waals surface area (Å²) in [5, 5.41) is 8.02. The fraction of sp³-hybridized carbons (Fsp3) is 0.118. The second-order valence-corrected chi connectivity index (χ2v) is 4.29. The zero-order valence-electron chi connectivity index (χ0n) is 11.3. The molecule has 0 radical (unpaired) electrons. The van der Waals surface area contributed by atoms with Crippen LogP contribution in [0.25, 0.3) is 4.85 Å². The molecule has 0 heterocycles. The van der Waals surface area contributed by atoms with E-state index in [2.05, 4.69) is 34.1 Å². The van der Waals surface area contributed by atoms with Crippen LogP contribution in [0, 0.1) is 6.57 Å². The van der Waals surface area contributed by atoms with Crippen molar-refractivity contribution in [1.82, 2.24) is 0 Å². The summed E-state index contributed by atoms with van der Waals surface area (Å²) in [6.07, 6.45) is 4.43. The Morgan fingerprint density at radius 3 is 1.85 bits per heavy atom. The molecule has 0 amide bonds. The van der Waals surface area contributed by atoms with Crippen LogP contribution in [0.4, 0.5) is 5.69 Å². The molecule has 0 aromatic heterocycles. The van der Waals surface area contributed by atoms with E-state index < -0.39 is 0 Å². The Labute approximate surface area is 119 Å². The van der Waals surface area contributed by atoms with Crippen molar-refractivity contribution in [2.45, 2.75) is 13.3 Å². The van der Waals surface area contributed by atoms with Crippen LogP contribution in [0.3, 0.4) is 0 Å². The highest BCUT2D eigenvalue weighted by atomic mass is 15.2. The number of nitrogens with zero attached hydrogens (tertiary/aromatic N) is 3. The third-order valence-electron chi connectivity index (χ3n) is 2.89. The average Bonchev–Trinajstić information content (AvgIpc) is 2.53. The molecule has 0 saturated carbocycles. The van der Waals surface area contributed by atoms with E-state index in [1.54, 1.807) is 24.6 Å². The predicted octanol–water partition coefficient (Wildman–Crippen LogP) is 4.25. The molecule has 0 atom stereocenters. The van der Waals surface area contributed by atoms with Gasteiger partial charge in [0.1, 0.15) is 0 Å². The lowest BCUT2D eigenvalue weighted by Gasteiger charge is -1.95. The van der Waals surface area contributed by atoms with Gasteiger partial charge in [-0.25, -0.2) is 4.85 Å². The Hall–Kier alpha value is -2.73. The monoisotopic (exact) mass is 261 g/mol. The molecule has 0 spiro atoms. The Kier molecular flexibility index (Phi) is 4.80. The van der Waals surface area contributed by atoms with Gasteiger partial charge in [0.2, 0.25) is 0 Å². The second-order valence-electron chi connectivity index (χ2n) is 4.29. The highest BCUT2D eigenvalue weighted by Crippen LogP contribution is 2.11. The van der Waals surface area contributed by atoms with Gasteiger partial charge in [0, 0.05) is 0 Å². The maximum atomic E-state index is 6.87. The third kappa shape index (κ3) is 3.89. The van der Waals surface area contributed by atoms with Crippen molar-refractivity contribution in [3.8, 4) is 0 Å². The molecule has 98 valence electrons. The normalized spacial score (nSPS) is 11.0. The Morgan fingerprint density at radius 2 is 1.40 bits per heavy atom. The molecule has 2 rings (SSSR count). The molecule has 3 nitrogen and oxygen atoms in total. The van der Waals surface area contributed by atoms with Crippen molar-refractivity contribution >= 4 is 18.1 Å². The fourth-order valence-corrected chi connectivity index (χ4v) is 1.67. The van der Waals surface area contributed by atoms with Gasteiger partial charge < -0.3 is 0 Å². The van der Waals surface area contributed by atoms with E-state index in [0.717, 1.165) is 17.5 Å². The zero-order chi connectivity index (χ0) is 14.2. The van der Waals surface area contributed by atoms with Crippen molar-refractivity contribution in [2.75, 3.05) is 0 Å². The average molecular weight is 261 g/mol. The summed E-state index contributed by atoms with van der Waals surface area (Å²) in [4.78, 5) is 3.34. The Balaban J connectivity index is 1.97. The minimum absolute atomic E-state index is 0.627. The lowest BCUT2D eigenvalue weighted by Crippen LogP contribution is -1.83. The van der Waals surface area contributed by atoms with Gasteiger partial charge in [-0.05, 0) is 23.1 Å². The molecule has 3 heteroatoms. The number of benzene rings is 2. The van der Waals surface area contributed by atoms with Gasteiger partial charge >= 0.3 is 0 Å².